The van der Waals surface area contributed by atoms with Gasteiger partial charge in [-0.25, -0.2) is 0 Å². The van der Waals surface area contributed by atoms with Gasteiger partial charge in [-0.05, 0) is 91.7 Å². The lowest BCUT2D eigenvalue weighted by atomic mass is 9.68. The largest absolute Gasteiger partial charge is 0.321 e. The van der Waals surface area contributed by atoms with Crippen LogP contribution in [0.3, 0.4) is 0 Å². The van der Waals surface area contributed by atoms with Crippen molar-refractivity contribution in [3.8, 4) is 0 Å². The predicted molar refractivity (Wildman–Crippen MR) is 169 cm³/mol. The second-order valence-corrected chi connectivity index (χ2v) is 11.6. The highest BCUT2D eigenvalue weighted by Crippen LogP contribution is 2.42. The third kappa shape index (κ3) is 7.79. The maximum absolute atomic E-state index is 7.42. The molecule has 7 heteroatoms. The minimum absolute atomic E-state index is 0.483. The van der Waals surface area contributed by atoms with Crippen molar-refractivity contribution < 1.29 is 0 Å². The van der Waals surface area contributed by atoms with E-state index in [0.29, 0.717) is 25.7 Å². The van der Waals surface area contributed by atoms with E-state index in [4.69, 9.17) is 28.8 Å². The normalized spacial score (nSPS) is 16.0. The standard InChI is InChI=1S/C34H43ClN6/c1-3-32(36,30-12-5-7-19-40-30)24-34(38,25-33(37,4-2)31-13-6-8-20-41-31)28-16-14-27(15-17-28)23-39-21-18-26-10-9-11-29(35)22-26/h5-17,19-20,22,39H,3-4,18,21,23-25,36-38H2,1-2H3. The molecule has 4 rings (SSSR count). The Balaban J connectivity index is 1.57. The Morgan fingerprint density at radius 3 is 1.76 bits per heavy atom. The average molecular weight is 571 g/mol. The summed E-state index contributed by atoms with van der Waals surface area (Å²) in [5, 5.41) is 4.30. The molecule has 0 saturated carbocycles. The lowest BCUT2D eigenvalue weighted by Gasteiger charge is -2.44. The molecule has 0 aliphatic carbocycles. The van der Waals surface area contributed by atoms with Crippen molar-refractivity contribution in [2.75, 3.05) is 6.54 Å². The zero-order valence-electron chi connectivity index (χ0n) is 24.2. The number of hydrogen-bond donors (Lipinski definition) is 4. The van der Waals surface area contributed by atoms with Gasteiger partial charge in [0.05, 0.1) is 22.5 Å². The number of nitrogens with zero attached hydrogens (tertiary/aromatic N) is 2. The number of pyridine rings is 2. The molecule has 216 valence electrons. The van der Waals surface area contributed by atoms with Crippen molar-refractivity contribution in [1.82, 2.24) is 15.3 Å². The molecule has 2 unspecified atom stereocenters. The van der Waals surface area contributed by atoms with Gasteiger partial charge < -0.3 is 22.5 Å². The summed E-state index contributed by atoms with van der Waals surface area (Å²) < 4.78 is 0. The quantitative estimate of drug-likeness (QED) is 0.140. The molecule has 0 aliphatic heterocycles. The highest BCUT2D eigenvalue weighted by Gasteiger charge is 2.44. The van der Waals surface area contributed by atoms with Crippen LogP contribution < -0.4 is 22.5 Å². The molecular formula is C34H43ClN6. The van der Waals surface area contributed by atoms with Gasteiger partial charge in [0.2, 0.25) is 0 Å². The highest BCUT2D eigenvalue weighted by atomic mass is 35.5. The molecule has 4 aromatic rings. The van der Waals surface area contributed by atoms with Gasteiger partial charge in [0.15, 0.2) is 0 Å². The van der Waals surface area contributed by atoms with Crippen LogP contribution in [0.2, 0.25) is 5.02 Å². The van der Waals surface area contributed by atoms with Gasteiger partial charge in [-0.1, -0.05) is 74.0 Å². The molecule has 0 saturated heterocycles. The van der Waals surface area contributed by atoms with Crippen LogP contribution in [0.25, 0.3) is 0 Å². The number of aromatic nitrogens is 2. The van der Waals surface area contributed by atoms with Crippen LogP contribution in [-0.4, -0.2) is 16.5 Å². The second-order valence-electron chi connectivity index (χ2n) is 11.2. The molecule has 2 aromatic heterocycles. The third-order valence-electron chi connectivity index (χ3n) is 8.21. The minimum Gasteiger partial charge on any atom is -0.321 e. The number of nitrogens with two attached hydrogens (primary N) is 3. The average Bonchev–Trinajstić information content (AvgIpc) is 3.00. The van der Waals surface area contributed by atoms with Crippen LogP contribution in [0.1, 0.15) is 67.6 Å². The Bertz CT molecular complexity index is 1310. The van der Waals surface area contributed by atoms with Crippen LogP contribution in [-0.2, 0) is 29.6 Å². The first-order valence-corrected chi connectivity index (χ1v) is 14.8. The molecule has 6 nitrogen and oxygen atoms in total. The van der Waals surface area contributed by atoms with Gasteiger partial charge in [-0.2, -0.15) is 0 Å². The first kappa shape index (κ1) is 30.8. The lowest BCUT2D eigenvalue weighted by molar-refractivity contribution is 0.199. The second kappa shape index (κ2) is 13.7. The molecule has 7 N–H and O–H groups in total. The maximum Gasteiger partial charge on any atom is 0.0603 e. The summed E-state index contributed by atoms with van der Waals surface area (Å²) >= 11 is 6.12. The molecule has 2 atom stereocenters. The van der Waals surface area contributed by atoms with Gasteiger partial charge in [0, 0.05) is 29.5 Å². The minimum atomic E-state index is -0.830. The number of halogens is 1. The van der Waals surface area contributed by atoms with E-state index in [1.807, 2.05) is 54.6 Å². The van der Waals surface area contributed by atoms with E-state index in [-0.39, 0.29) is 0 Å². The Labute approximate surface area is 249 Å². The molecule has 0 amide bonds. The molecule has 2 aromatic carbocycles. The Morgan fingerprint density at radius 2 is 1.27 bits per heavy atom. The first-order valence-electron chi connectivity index (χ1n) is 14.4. The van der Waals surface area contributed by atoms with E-state index >= 15 is 0 Å². The van der Waals surface area contributed by atoms with Crippen molar-refractivity contribution in [2.24, 2.45) is 17.2 Å². The summed E-state index contributed by atoms with van der Waals surface area (Å²) in [6.45, 7) is 5.78. The lowest BCUT2D eigenvalue weighted by Crippen LogP contribution is -2.54. The molecule has 41 heavy (non-hydrogen) atoms. The summed E-state index contributed by atoms with van der Waals surface area (Å²) in [5.74, 6) is 0. The number of rotatable bonds is 14. The maximum atomic E-state index is 7.42. The van der Waals surface area contributed by atoms with Crippen LogP contribution in [0, 0.1) is 0 Å². The van der Waals surface area contributed by atoms with Gasteiger partial charge in [-0.15, -0.1) is 0 Å². The van der Waals surface area contributed by atoms with E-state index in [9.17, 15) is 0 Å². The Kier molecular flexibility index (Phi) is 10.3. The fraction of sp³-hybridized carbons (Fsp3) is 0.353. The van der Waals surface area contributed by atoms with E-state index in [1.165, 1.54) is 11.1 Å². The molecule has 2 heterocycles. The Hall–Kier alpha value is -3.13. The Morgan fingerprint density at radius 1 is 0.683 bits per heavy atom. The zero-order valence-corrected chi connectivity index (χ0v) is 24.9. The van der Waals surface area contributed by atoms with Crippen LogP contribution in [0.5, 0.6) is 0 Å². The number of benzene rings is 2. The summed E-state index contributed by atoms with van der Waals surface area (Å²) in [6, 6.07) is 28.2. The van der Waals surface area contributed by atoms with Crippen molar-refractivity contribution in [3.63, 3.8) is 0 Å². The van der Waals surface area contributed by atoms with Gasteiger partial charge in [0.1, 0.15) is 0 Å². The number of hydrogen-bond acceptors (Lipinski definition) is 6. The van der Waals surface area contributed by atoms with Gasteiger partial charge in [-0.3, -0.25) is 9.97 Å². The SMILES string of the molecule is CCC(N)(CC(N)(CC(N)(CC)c1ccccn1)c1ccc(CNCCc2cccc(Cl)c2)cc1)c1ccccn1. The monoisotopic (exact) mass is 570 g/mol. The summed E-state index contributed by atoms with van der Waals surface area (Å²) in [4.78, 5) is 9.23. The smallest absolute Gasteiger partial charge is 0.0603 e. The van der Waals surface area contributed by atoms with E-state index in [0.717, 1.165) is 41.5 Å². The van der Waals surface area contributed by atoms with E-state index in [2.05, 4.69) is 59.5 Å². The fourth-order valence-corrected chi connectivity index (χ4v) is 5.83. The number of nitrogens with one attached hydrogen (secondary N) is 1. The summed E-state index contributed by atoms with van der Waals surface area (Å²) in [7, 11) is 0. The van der Waals surface area contributed by atoms with Gasteiger partial charge in [0.25, 0.3) is 0 Å². The molecule has 0 radical (unpaired) electrons. The van der Waals surface area contributed by atoms with E-state index in [1.54, 1.807) is 12.4 Å². The highest BCUT2D eigenvalue weighted by molar-refractivity contribution is 6.30. The van der Waals surface area contributed by atoms with Crippen molar-refractivity contribution in [3.05, 3.63) is 130 Å². The van der Waals surface area contributed by atoms with Crippen molar-refractivity contribution in [2.45, 2.75) is 69.1 Å². The zero-order chi connectivity index (χ0) is 29.3. The van der Waals surface area contributed by atoms with Crippen LogP contribution in [0.15, 0.2) is 97.3 Å². The van der Waals surface area contributed by atoms with Gasteiger partial charge >= 0.3 is 0 Å². The summed E-state index contributed by atoms with van der Waals surface area (Å²) in [5.41, 5.74) is 24.4. The fourth-order valence-electron chi connectivity index (χ4n) is 5.61. The molecule has 0 bridgehead atoms. The van der Waals surface area contributed by atoms with Crippen LogP contribution in [0.4, 0.5) is 0 Å². The van der Waals surface area contributed by atoms with Crippen molar-refractivity contribution >= 4 is 11.6 Å². The van der Waals surface area contributed by atoms with Crippen molar-refractivity contribution in [1.29, 1.82) is 0 Å². The first-order chi connectivity index (χ1) is 19.7. The topological polar surface area (TPSA) is 116 Å². The molecule has 0 spiro atoms. The third-order valence-corrected chi connectivity index (χ3v) is 8.45. The molecule has 0 aliphatic rings. The van der Waals surface area contributed by atoms with E-state index < -0.39 is 16.6 Å². The molecular weight excluding hydrogens is 528 g/mol. The summed E-state index contributed by atoms with van der Waals surface area (Å²) in [6.07, 6.45) is 6.82. The predicted octanol–water partition coefficient (Wildman–Crippen LogP) is 5.92. The molecule has 0 fully saturated rings. The van der Waals surface area contributed by atoms with Crippen LogP contribution >= 0.6 is 11.6 Å².